The number of ether oxygens (including phenoxy) is 2. The Morgan fingerprint density at radius 3 is 2.19 bits per heavy atom. The second kappa shape index (κ2) is 8.80. The van der Waals surface area contributed by atoms with Crippen LogP contribution in [0.4, 0.5) is 8.78 Å². The van der Waals surface area contributed by atoms with Crippen molar-refractivity contribution in [3.63, 3.8) is 0 Å². The molecule has 8 heteroatoms. The predicted octanol–water partition coefficient (Wildman–Crippen LogP) is 4.45. The van der Waals surface area contributed by atoms with Crippen molar-refractivity contribution in [2.75, 3.05) is 33.0 Å². The minimum atomic E-state index is -2.70. The molecule has 0 unspecified atom stereocenters. The van der Waals surface area contributed by atoms with Crippen LogP contribution in [0.25, 0.3) is 0 Å². The lowest BCUT2D eigenvalue weighted by atomic mass is 9.81. The number of carbonyl (C=O) groups is 2. The van der Waals surface area contributed by atoms with Gasteiger partial charge >= 0.3 is 0 Å². The van der Waals surface area contributed by atoms with Crippen LogP contribution >= 0.6 is 0 Å². The van der Waals surface area contributed by atoms with Crippen molar-refractivity contribution >= 4 is 11.6 Å². The van der Waals surface area contributed by atoms with Crippen LogP contribution in [0.2, 0.25) is 0 Å². The van der Waals surface area contributed by atoms with Gasteiger partial charge in [-0.25, -0.2) is 8.78 Å². The highest BCUT2D eigenvalue weighted by atomic mass is 19.3. The van der Waals surface area contributed by atoms with E-state index in [4.69, 9.17) is 9.47 Å². The van der Waals surface area contributed by atoms with E-state index in [2.05, 4.69) is 4.90 Å². The second-order valence-corrected chi connectivity index (χ2v) is 9.29. The molecule has 1 saturated heterocycles. The Hall–Kier alpha value is -3.62. The fourth-order valence-corrected chi connectivity index (χ4v) is 5.54. The topological polar surface area (TPSA) is 59.1 Å². The molecule has 184 valence electrons. The Bertz CT molecular complexity index is 1320. The van der Waals surface area contributed by atoms with E-state index in [1.165, 1.54) is 18.2 Å². The van der Waals surface area contributed by atoms with Gasteiger partial charge in [0.25, 0.3) is 6.43 Å². The van der Waals surface area contributed by atoms with E-state index in [1.807, 2.05) is 23.1 Å². The fraction of sp³-hybridized carbons (Fsp3) is 0.286. The Balaban J connectivity index is 1.30. The van der Waals surface area contributed by atoms with E-state index < -0.39 is 12.0 Å². The Kier molecular flexibility index (Phi) is 5.58. The molecule has 1 aliphatic carbocycles. The van der Waals surface area contributed by atoms with Gasteiger partial charge in [-0.1, -0.05) is 48.5 Å². The molecule has 0 N–H and O–H groups in total. The van der Waals surface area contributed by atoms with Gasteiger partial charge in [-0.15, -0.1) is 0 Å². The quantitative estimate of drug-likeness (QED) is 0.493. The van der Waals surface area contributed by atoms with Crippen LogP contribution in [-0.4, -0.2) is 54.3 Å². The lowest BCUT2D eigenvalue weighted by Gasteiger charge is -2.44. The number of nitrogens with zero attached hydrogens (tertiary/aromatic N) is 2. The molecule has 0 atom stereocenters. The molecule has 3 aliphatic rings. The van der Waals surface area contributed by atoms with E-state index in [-0.39, 0.29) is 23.9 Å². The first kappa shape index (κ1) is 22.8. The summed E-state index contributed by atoms with van der Waals surface area (Å²) in [6.45, 7) is 3.00. The van der Waals surface area contributed by atoms with Crippen molar-refractivity contribution in [3.8, 4) is 11.5 Å². The zero-order valence-corrected chi connectivity index (χ0v) is 19.5. The zero-order chi connectivity index (χ0) is 24.9. The molecular formula is C28H24F2N2O4. The molecule has 6 rings (SSSR count). The summed E-state index contributed by atoms with van der Waals surface area (Å²) >= 11 is 0. The van der Waals surface area contributed by atoms with Crippen LogP contribution in [0.3, 0.4) is 0 Å². The van der Waals surface area contributed by atoms with Crippen molar-refractivity contribution in [1.82, 2.24) is 9.80 Å². The first-order chi connectivity index (χ1) is 17.5. The maximum absolute atomic E-state index is 13.9. The molecule has 0 radical (unpaired) electrons. The molecule has 0 spiro atoms. The third-order valence-electron chi connectivity index (χ3n) is 7.32. The van der Waals surface area contributed by atoms with Gasteiger partial charge in [0.15, 0.2) is 28.6 Å². The first-order valence-corrected chi connectivity index (χ1v) is 11.9. The number of piperazine rings is 1. The number of fused-ring (bicyclic) bond motifs is 2. The van der Waals surface area contributed by atoms with E-state index in [0.29, 0.717) is 49.4 Å². The largest absolute Gasteiger partial charge is 0.454 e. The highest BCUT2D eigenvalue weighted by Gasteiger charge is 2.58. The second-order valence-electron chi connectivity index (χ2n) is 9.29. The van der Waals surface area contributed by atoms with Gasteiger partial charge < -0.3 is 9.47 Å². The van der Waals surface area contributed by atoms with E-state index >= 15 is 0 Å². The summed E-state index contributed by atoms with van der Waals surface area (Å²) in [4.78, 5) is 31.9. The number of benzene rings is 3. The summed E-state index contributed by atoms with van der Waals surface area (Å²) in [6, 6.07) is 18.3. The predicted molar refractivity (Wildman–Crippen MR) is 128 cm³/mol. The van der Waals surface area contributed by atoms with Gasteiger partial charge in [-0.05, 0) is 29.3 Å². The number of hydrogen-bond donors (Lipinski definition) is 0. The molecule has 36 heavy (non-hydrogen) atoms. The number of halogens is 2. The van der Waals surface area contributed by atoms with E-state index in [1.54, 1.807) is 30.3 Å². The number of hydrogen-bond acceptors (Lipinski definition) is 6. The molecular weight excluding hydrogens is 466 g/mol. The van der Waals surface area contributed by atoms with Crippen molar-refractivity contribution in [2.24, 2.45) is 0 Å². The lowest BCUT2D eigenvalue weighted by Crippen LogP contribution is -2.60. The van der Waals surface area contributed by atoms with Gasteiger partial charge in [0.05, 0.1) is 0 Å². The number of ketones is 2. The lowest BCUT2D eigenvalue weighted by molar-refractivity contribution is 0.0277. The number of carbonyl (C=O) groups excluding carboxylic acids is 2. The molecule has 1 fully saturated rings. The van der Waals surface area contributed by atoms with Gasteiger partial charge in [0.2, 0.25) is 6.79 Å². The van der Waals surface area contributed by atoms with Gasteiger partial charge in [0, 0.05) is 49.4 Å². The maximum atomic E-state index is 13.9. The summed E-state index contributed by atoms with van der Waals surface area (Å²) in [5.74, 6) is 0.760. The van der Waals surface area contributed by atoms with Crippen molar-refractivity contribution in [3.05, 3.63) is 94.5 Å². The molecule has 3 aromatic rings. The molecule has 0 aromatic heterocycles. The first-order valence-electron chi connectivity index (χ1n) is 11.9. The fourth-order valence-electron chi connectivity index (χ4n) is 5.54. The Labute approximate surface area is 207 Å². The zero-order valence-electron chi connectivity index (χ0n) is 19.5. The third kappa shape index (κ3) is 3.51. The summed E-state index contributed by atoms with van der Waals surface area (Å²) in [7, 11) is 0. The van der Waals surface area contributed by atoms with Crippen LogP contribution in [0.1, 0.15) is 43.8 Å². The van der Waals surface area contributed by atoms with Crippen LogP contribution in [-0.2, 0) is 12.1 Å². The highest BCUT2D eigenvalue weighted by molar-refractivity contribution is 6.32. The maximum Gasteiger partial charge on any atom is 0.263 e. The number of alkyl halides is 2. The summed E-state index contributed by atoms with van der Waals surface area (Å²) < 4.78 is 38.0. The van der Waals surface area contributed by atoms with Crippen LogP contribution < -0.4 is 9.47 Å². The average Bonchev–Trinajstić information content (AvgIpc) is 3.46. The van der Waals surface area contributed by atoms with Crippen molar-refractivity contribution < 1.29 is 27.8 Å². The van der Waals surface area contributed by atoms with Crippen molar-refractivity contribution in [1.29, 1.82) is 0 Å². The summed E-state index contributed by atoms with van der Waals surface area (Å²) in [6.07, 6.45) is -2.70. The van der Waals surface area contributed by atoms with Crippen LogP contribution in [0, 0.1) is 0 Å². The third-order valence-corrected chi connectivity index (χ3v) is 7.32. The standard InChI is InChI=1S/C28H24F2N2O4/c29-27(30)19-4-3-5-20(15-19)28(25(33)21-6-1-2-7-22(21)26(28)34)32-12-10-31(11-13-32)16-18-8-9-23-24(14-18)36-17-35-23/h1-9,14-15,27H,10-13,16-17H2. The summed E-state index contributed by atoms with van der Waals surface area (Å²) in [5.41, 5.74) is 0.216. The normalized spacial score (nSPS) is 19.2. The Morgan fingerprint density at radius 1 is 0.806 bits per heavy atom. The SMILES string of the molecule is O=C1c2ccccc2C(=O)C1(c1cccc(C(F)F)c1)N1CCN(Cc2ccc3c(c2)OCO3)CC1. The monoisotopic (exact) mass is 490 g/mol. The Morgan fingerprint density at radius 2 is 1.50 bits per heavy atom. The molecule has 0 bridgehead atoms. The molecule has 0 saturated carbocycles. The molecule has 6 nitrogen and oxygen atoms in total. The van der Waals surface area contributed by atoms with Gasteiger partial charge in [-0.2, -0.15) is 0 Å². The number of Topliss-reactive ketones (excluding diaryl/α,β-unsaturated/α-hetero) is 2. The van der Waals surface area contributed by atoms with Crippen LogP contribution in [0.5, 0.6) is 11.5 Å². The molecule has 2 heterocycles. The number of rotatable bonds is 5. The average molecular weight is 491 g/mol. The summed E-state index contributed by atoms with van der Waals surface area (Å²) in [5, 5.41) is 0. The minimum absolute atomic E-state index is 0.204. The highest BCUT2D eigenvalue weighted by Crippen LogP contribution is 2.44. The molecule has 2 aliphatic heterocycles. The van der Waals surface area contributed by atoms with Crippen molar-refractivity contribution in [2.45, 2.75) is 18.5 Å². The smallest absolute Gasteiger partial charge is 0.263 e. The van der Waals surface area contributed by atoms with E-state index in [9.17, 15) is 18.4 Å². The molecule has 3 aromatic carbocycles. The minimum Gasteiger partial charge on any atom is -0.454 e. The molecule has 0 amide bonds. The van der Waals surface area contributed by atoms with E-state index in [0.717, 1.165) is 17.1 Å². The van der Waals surface area contributed by atoms with Gasteiger partial charge in [0.1, 0.15) is 0 Å². The van der Waals surface area contributed by atoms with Crippen LogP contribution in [0.15, 0.2) is 66.7 Å². The van der Waals surface area contributed by atoms with Gasteiger partial charge in [-0.3, -0.25) is 19.4 Å².